The number of aromatic nitrogens is 2. The van der Waals surface area contributed by atoms with Gasteiger partial charge in [0, 0.05) is 12.3 Å². The van der Waals surface area contributed by atoms with Crippen LogP contribution in [0.1, 0.15) is 31.0 Å². The summed E-state index contributed by atoms with van der Waals surface area (Å²) in [6.07, 6.45) is 1.75. The Balaban J connectivity index is 2.48. The van der Waals surface area contributed by atoms with Crippen LogP contribution in [-0.2, 0) is 0 Å². The van der Waals surface area contributed by atoms with Crippen molar-refractivity contribution in [1.29, 1.82) is 5.26 Å². The zero-order valence-electron chi connectivity index (χ0n) is 10.6. The average molecular weight is 256 g/mol. The second kappa shape index (κ2) is 4.90. The van der Waals surface area contributed by atoms with Gasteiger partial charge in [0.2, 0.25) is 0 Å². The first-order valence-corrected chi connectivity index (χ1v) is 5.77. The molecule has 2 aromatic rings. The summed E-state index contributed by atoms with van der Waals surface area (Å²) in [4.78, 5) is 10.3. The maximum Gasteiger partial charge on any atom is 0.289 e. The molecule has 0 aliphatic carbocycles. The first kappa shape index (κ1) is 12.8. The summed E-state index contributed by atoms with van der Waals surface area (Å²) in [5.41, 5.74) is 1.32. The molecular weight excluding hydrogens is 244 g/mol. The van der Waals surface area contributed by atoms with Gasteiger partial charge in [-0.2, -0.15) is 10.4 Å². The highest BCUT2D eigenvalue weighted by atomic mass is 16.6. The summed E-state index contributed by atoms with van der Waals surface area (Å²) in [6.45, 7) is 4.04. The zero-order valence-corrected chi connectivity index (χ0v) is 10.6. The van der Waals surface area contributed by atoms with E-state index in [1.165, 1.54) is 12.1 Å². The van der Waals surface area contributed by atoms with Crippen LogP contribution in [0.2, 0.25) is 0 Å². The molecule has 0 N–H and O–H groups in total. The zero-order chi connectivity index (χ0) is 14.0. The van der Waals surface area contributed by atoms with Crippen LogP contribution >= 0.6 is 0 Å². The minimum absolute atomic E-state index is 0.0463. The molecular formula is C13H12N4O2. The van der Waals surface area contributed by atoms with Gasteiger partial charge in [-0.05, 0) is 24.1 Å². The first-order chi connectivity index (χ1) is 9.02. The van der Waals surface area contributed by atoms with Crippen LogP contribution in [0.3, 0.4) is 0 Å². The van der Waals surface area contributed by atoms with Crippen LogP contribution in [0.25, 0.3) is 5.69 Å². The summed E-state index contributed by atoms with van der Waals surface area (Å²) < 4.78 is 1.57. The van der Waals surface area contributed by atoms with Crippen LogP contribution in [-0.4, -0.2) is 14.7 Å². The largest absolute Gasteiger partial charge is 0.289 e. The highest BCUT2D eigenvalue weighted by Gasteiger charge is 2.15. The van der Waals surface area contributed by atoms with Gasteiger partial charge in [-0.15, -0.1) is 0 Å². The van der Waals surface area contributed by atoms with Gasteiger partial charge in [0.25, 0.3) is 5.69 Å². The molecule has 0 radical (unpaired) electrons. The minimum Gasteiger partial charge on any atom is -0.258 e. The Hall–Kier alpha value is -2.68. The Morgan fingerprint density at radius 3 is 2.68 bits per heavy atom. The van der Waals surface area contributed by atoms with Gasteiger partial charge in [-0.25, -0.2) is 4.68 Å². The molecule has 0 saturated heterocycles. The first-order valence-electron chi connectivity index (χ1n) is 5.77. The lowest BCUT2D eigenvalue weighted by molar-refractivity contribution is -0.385. The van der Waals surface area contributed by atoms with Crippen molar-refractivity contribution in [3.05, 3.63) is 51.8 Å². The number of nitriles is 1. The lowest BCUT2D eigenvalue weighted by atomic mass is 10.1. The van der Waals surface area contributed by atoms with Crippen LogP contribution in [0.5, 0.6) is 0 Å². The fraction of sp³-hybridized carbons (Fsp3) is 0.231. The van der Waals surface area contributed by atoms with E-state index in [2.05, 4.69) is 5.10 Å². The fourth-order valence-electron chi connectivity index (χ4n) is 1.70. The quantitative estimate of drug-likeness (QED) is 0.624. The molecule has 1 aromatic heterocycles. The predicted molar refractivity (Wildman–Crippen MR) is 69.0 cm³/mol. The molecule has 0 amide bonds. The van der Waals surface area contributed by atoms with E-state index in [0.29, 0.717) is 5.69 Å². The fourth-order valence-corrected chi connectivity index (χ4v) is 1.70. The van der Waals surface area contributed by atoms with Crippen molar-refractivity contribution in [1.82, 2.24) is 9.78 Å². The van der Waals surface area contributed by atoms with E-state index in [4.69, 9.17) is 5.26 Å². The lowest BCUT2D eigenvalue weighted by Gasteiger charge is -2.03. The SMILES string of the molecule is CC(C)c1ccn(-c2ccc(C#N)c([N+](=O)[O-])c2)n1. The third-order valence-electron chi connectivity index (χ3n) is 2.76. The van der Waals surface area contributed by atoms with Gasteiger partial charge >= 0.3 is 0 Å². The number of rotatable bonds is 3. The molecule has 0 aliphatic rings. The molecule has 1 aromatic carbocycles. The molecule has 19 heavy (non-hydrogen) atoms. The van der Waals surface area contributed by atoms with Crippen LogP contribution < -0.4 is 0 Å². The van der Waals surface area contributed by atoms with Crippen molar-refractivity contribution < 1.29 is 4.92 Å². The molecule has 0 spiro atoms. The number of hydrogen-bond donors (Lipinski definition) is 0. The highest BCUT2D eigenvalue weighted by Crippen LogP contribution is 2.22. The van der Waals surface area contributed by atoms with E-state index in [0.717, 1.165) is 5.69 Å². The van der Waals surface area contributed by atoms with Crippen LogP contribution in [0.15, 0.2) is 30.5 Å². The maximum atomic E-state index is 10.9. The average Bonchev–Trinajstić information content (AvgIpc) is 2.87. The van der Waals surface area contributed by atoms with Gasteiger partial charge in [0.05, 0.1) is 16.3 Å². The number of nitro benzene ring substituents is 1. The summed E-state index contributed by atoms with van der Waals surface area (Å²) >= 11 is 0. The molecule has 6 heteroatoms. The van der Waals surface area contributed by atoms with E-state index in [9.17, 15) is 10.1 Å². The molecule has 1 heterocycles. The van der Waals surface area contributed by atoms with Crippen LogP contribution in [0, 0.1) is 21.4 Å². The monoisotopic (exact) mass is 256 g/mol. The molecule has 96 valence electrons. The van der Waals surface area contributed by atoms with E-state index in [-0.39, 0.29) is 17.2 Å². The molecule has 0 fully saturated rings. The van der Waals surface area contributed by atoms with Crippen molar-refractivity contribution in [3.63, 3.8) is 0 Å². The van der Waals surface area contributed by atoms with E-state index in [1.54, 1.807) is 16.9 Å². The van der Waals surface area contributed by atoms with Gasteiger partial charge in [-0.3, -0.25) is 10.1 Å². The molecule has 0 saturated carbocycles. The summed E-state index contributed by atoms with van der Waals surface area (Å²) in [5, 5.41) is 24.1. The Morgan fingerprint density at radius 2 is 2.16 bits per heavy atom. The highest BCUT2D eigenvalue weighted by molar-refractivity contribution is 5.54. The normalized spacial score (nSPS) is 10.4. The smallest absolute Gasteiger partial charge is 0.258 e. The number of benzene rings is 1. The third kappa shape index (κ3) is 2.45. The van der Waals surface area contributed by atoms with Crippen LogP contribution in [0.4, 0.5) is 5.69 Å². The standard InChI is InChI=1S/C13H12N4O2/c1-9(2)12-5-6-16(15-12)11-4-3-10(8-14)13(7-11)17(18)19/h3-7,9H,1-2H3. The van der Waals surface area contributed by atoms with Crippen molar-refractivity contribution in [2.75, 3.05) is 0 Å². The maximum absolute atomic E-state index is 10.9. The van der Waals surface area contributed by atoms with Crippen molar-refractivity contribution in [3.8, 4) is 11.8 Å². The summed E-state index contributed by atoms with van der Waals surface area (Å²) in [5.74, 6) is 0.287. The number of nitrogens with zero attached hydrogens (tertiary/aromatic N) is 4. The third-order valence-corrected chi connectivity index (χ3v) is 2.76. The molecule has 0 bridgehead atoms. The Labute approximate surface area is 110 Å². The topological polar surface area (TPSA) is 84.8 Å². The van der Waals surface area contributed by atoms with E-state index in [1.807, 2.05) is 26.0 Å². The Kier molecular flexibility index (Phi) is 3.29. The number of hydrogen-bond acceptors (Lipinski definition) is 4. The van der Waals surface area contributed by atoms with Gasteiger partial charge in [-0.1, -0.05) is 13.8 Å². The number of nitro groups is 1. The van der Waals surface area contributed by atoms with Crippen molar-refractivity contribution in [2.24, 2.45) is 0 Å². The molecule has 0 atom stereocenters. The van der Waals surface area contributed by atoms with Gasteiger partial charge in [0.15, 0.2) is 0 Å². The Morgan fingerprint density at radius 1 is 1.42 bits per heavy atom. The minimum atomic E-state index is -0.561. The van der Waals surface area contributed by atoms with E-state index < -0.39 is 4.92 Å². The van der Waals surface area contributed by atoms with Gasteiger partial charge in [0.1, 0.15) is 11.6 Å². The molecule has 0 unspecified atom stereocenters. The second-order valence-corrected chi connectivity index (χ2v) is 4.41. The van der Waals surface area contributed by atoms with Crippen molar-refractivity contribution in [2.45, 2.75) is 19.8 Å². The Bertz CT molecular complexity index is 668. The lowest BCUT2D eigenvalue weighted by Crippen LogP contribution is -2.00. The molecule has 6 nitrogen and oxygen atoms in total. The van der Waals surface area contributed by atoms with Crippen molar-refractivity contribution >= 4 is 5.69 Å². The molecule has 0 aliphatic heterocycles. The van der Waals surface area contributed by atoms with E-state index >= 15 is 0 Å². The summed E-state index contributed by atoms with van der Waals surface area (Å²) in [6, 6.07) is 8.11. The predicted octanol–water partition coefficient (Wildman–Crippen LogP) is 2.78. The molecule has 2 rings (SSSR count). The van der Waals surface area contributed by atoms with Gasteiger partial charge < -0.3 is 0 Å². The summed E-state index contributed by atoms with van der Waals surface area (Å²) in [7, 11) is 0. The second-order valence-electron chi connectivity index (χ2n) is 4.41.